The van der Waals surface area contributed by atoms with E-state index in [-0.39, 0.29) is 11.5 Å². The number of nitro groups is 1. The SMILES string of the molecule is CC([C@H]1C(C#N)=C(N)Oc2ccccc21)[N+](=O)[O-]. The van der Waals surface area contributed by atoms with Crippen LogP contribution < -0.4 is 10.5 Å². The number of benzene rings is 1. The van der Waals surface area contributed by atoms with E-state index in [0.717, 1.165) is 0 Å². The molecule has 2 N–H and O–H groups in total. The van der Waals surface area contributed by atoms with Crippen LogP contribution >= 0.6 is 0 Å². The third-order valence-corrected chi connectivity index (χ3v) is 2.99. The second-order valence-electron chi connectivity index (χ2n) is 4.03. The Bertz CT molecular complexity index is 574. The van der Waals surface area contributed by atoms with Crippen LogP contribution in [0.15, 0.2) is 35.7 Å². The topological polar surface area (TPSA) is 102 Å². The minimum Gasteiger partial charge on any atom is -0.440 e. The molecular weight excluding hydrogens is 234 g/mol. The molecule has 1 aromatic carbocycles. The van der Waals surface area contributed by atoms with Crippen LogP contribution in [0.25, 0.3) is 0 Å². The van der Waals surface area contributed by atoms with Crippen molar-refractivity contribution < 1.29 is 9.66 Å². The molecule has 1 aliphatic heterocycles. The van der Waals surface area contributed by atoms with Crippen LogP contribution in [0.2, 0.25) is 0 Å². The van der Waals surface area contributed by atoms with Gasteiger partial charge in [-0.2, -0.15) is 5.26 Å². The summed E-state index contributed by atoms with van der Waals surface area (Å²) < 4.78 is 5.31. The Morgan fingerprint density at radius 3 is 2.83 bits per heavy atom. The molecule has 0 fully saturated rings. The molecule has 0 amide bonds. The highest BCUT2D eigenvalue weighted by atomic mass is 16.6. The van der Waals surface area contributed by atoms with Gasteiger partial charge in [0.15, 0.2) is 0 Å². The molecule has 2 rings (SSSR count). The van der Waals surface area contributed by atoms with Gasteiger partial charge in [-0.25, -0.2) is 0 Å². The Balaban J connectivity index is 2.59. The average molecular weight is 245 g/mol. The van der Waals surface area contributed by atoms with E-state index in [9.17, 15) is 10.1 Å². The summed E-state index contributed by atoms with van der Waals surface area (Å²) in [7, 11) is 0. The lowest BCUT2D eigenvalue weighted by molar-refractivity contribution is -0.520. The van der Waals surface area contributed by atoms with Crippen molar-refractivity contribution in [3.8, 4) is 11.8 Å². The Labute approximate surface area is 103 Å². The molecule has 0 aromatic heterocycles. The van der Waals surface area contributed by atoms with Gasteiger partial charge in [-0.1, -0.05) is 18.2 Å². The van der Waals surface area contributed by atoms with E-state index in [0.29, 0.717) is 11.3 Å². The zero-order valence-corrected chi connectivity index (χ0v) is 9.66. The number of hydrogen-bond donors (Lipinski definition) is 1. The van der Waals surface area contributed by atoms with Crippen LogP contribution in [0.5, 0.6) is 5.75 Å². The molecule has 1 aromatic rings. The smallest absolute Gasteiger partial charge is 0.222 e. The van der Waals surface area contributed by atoms with E-state index in [1.807, 2.05) is 6.07 Å². The average Bonchev–Trinajstić information content (AvgIpc) is 2.36. The standard InChI is InChI=1S/C12H11N3O3/c1-7(15(16)17)11-8-4-2-3-5-10(8)18-12(14)9(11)6-13/h2-5,7,11H,14H2,1H3/t7?,11-/m1/s1. The third-order valence-electron chi connectivity index (χ3n) is 2.99. The predicted molar refractivity (Wildman–Crippen MR) is 63.1 cm³/mol. The summed E-state index contributed by atoms with van der Waals surface area (Å²) >= 11 is 0. The Hall–Kier alpha value is -2.55. The van der Waals surface area contributed by atoms with Crippen molar-refractivity contribution >= 4 is 0 Å². The van der Waals surface area contributed by atoms with Gasteiger partial charge in [0.05, 0.1) is 5.92 Å². The number of hydrogen-bond acceptors (Lipinski definition) is 5. The van der Waals surface area contributed by atoms with Crippen molar-refractivity contribution in [2.75, 3.05) is 0 Å². The fraction of sp³-hybridized carbons (Fsp3) is 0.250. The summed E-state index contributed by atoms with van der Waals surface area (Å²) in [5, 5.41) is 20.1. The molecule has 2 atom stereocenters. The van der Waals surface area contributed by atoms with Crippen molar-refractivity contribution in [2.45, 2.75) is 18.9 Å². The number of rotatable bonds is 2. The van der Waals surface area contributed by atoms with E-state index < -0.39 is 16.9 Å². The maximum atomic E-state index is 11.0. The maximum absolute atomic E-state index is 11.0. The molecule has 1 aliphatic rings. The van der Waals surface area contributed by atoms with E-state index in [2.05, 4.69) is 0 Å². The first kappa shape index (κ1) is 11.9. The molecule has 6 heteroatoms. The summed E-state index contributed by atoms with van der Waals surface area (Å²) in [5.74, 6) is -0.266. The molecule has 0 bridgehead atoms. The van der Waals surface area contributed by atoms with Gasteiger partial charge < -0.3 is 10.5 Å². The van der Waals surface area contributed by atoms with E-state index in [1.54, 1.807) is 24.3 Å². The second kappa shape index (κ2) is 4.37. The summed E-state index contributed by atoms with van der Waals surface area (Å²) in [6, 6.07) is 7.85. The van der Waals surface area contributed by atoms with Gasteiger partial charge in [-0.3, -0.25) is 10.1 Å². The molecule has 0 radical (unpaired) electrons. The van der Waals surface area contributed by atoms with E-state index >= 15 is 0 Å². The van der Waals surface area contributed by atoms with Crippen molar-refractivity contribution in [2.24, 2.45) is 5.73 Å². The van der Waals surface area contributed by atoms with Crippen LogP contribution in [0.1, 0.15) is 18.4 Å². The highest BCUT2D eigenvalue weighted by Crippen LogP contribution is 2.40. The molecule has 0 saturated carbocycles. The second-order valence-corrected chi connectivity index (χ2v) is 4.03. The quantitative estimate of drug-likeness (QED) is 0.628. The summed E-state index contributed by atoms with van der Waals surface area (Å²) in [5.41, 5.74) is 6.37. The summed E-state index contributed by atoms with van der Waals surface area (Å²) in [6.07, 6.45) is 0. The number of ether oxygens (including phenoxy) is 1. The Kier molecular flexibility index (Phi) is 2.90. The first-order valence-electron chi connectivity index (χ1n) is 5.36. The normalized spacial score (nSPS) is 19.4. The van der Waals surface area contributed by atoms with Gasteiger partial charge in [0.25, 0.3) is 0 Å². The van der Waals surface area contributed by atoms with E-state index in [1.165, 1.54) is 6.92 Å². The van der Waals surface area contributed by atoms with Crippen LogP contribution in [0.4, 0.5) is 0 Å². The highest BCUT2D eigenvalue weighted by molar-refractivity contribution is 5.50. The highest BCUT2D eigenvalue weighted by Gasteiger charge is 2.38. The largest absolute Gasteiger partial charge is 0.440 e. The fourth-order valence-electron chi connectivity index (χ4n) is 2.06. The van der Waals surface area contributed by atoms with Gasteiger partial charge in [-0.05, 0) is 6.07 Å². The minimum absolute atomic E-state index is 0.0603. The van der Waals surface area contributed by atoms with Crippen LogP contribution in [-0.4, -0.2) is 11.0 Å². The number of para-hydroxylation sites is 1. The minimum atomic E-state index is -0.941. The summed E-state index contributed by atoms with van der Waals surface area (Å²) in [6.45, 7) is 1.46. The van der Waals surface area contributed by atoms with Crippen LogP contribution in [0, 0.1) is 21.4 Å². The van der Waals surface area contributed by atoms with Gasteiger partial charge in [-0.15, -0.1) is 0 Å². The van der Waals surface area contributed by atoms with Crippen molar-refractivity contribution in [1.82, 2.24) is 0 Å². The molecule has 1 unspecified atom stereocenters. The Morgan fingerprint density at radius 2 is 2.22 bits per heavy atom. The number of fused-ring (bicyclic) bond motifs is 1. The van der Waals surface area contributed by atoms with Crippen LogP contribution in [0.3, 0.4) is 0 Å². The zero-order valence-electron chi connectivity index (χ0n) is 9.66. The lowest BCUT2D eigenvalue weighted by atomic mass is 9.84. The fourth-order valence-corrected chi connectivity index (χ4v) is 2.06. The van der Waals surface area contributed by atoms with Crippen molar-refractivity contribution in [3.05, 3.63) is 51.4 Å². The summed E-state index contributed by atoms with van der Waals surface area (Å²) in [4.78, 5) is 10.5. The van der Waals surface area contributed by atoms with Gasteiger partial charge >= 0.3 is 0 Å². The molecule has 6 nitrogen and oxygen atoms in total. The number of nitrogens with two attached hydrogens (primary N) is 1. The van der Waals surface area contributed by atoms with Gasteiger partial charge in [0, 0.05) is 17.4 Å². The molecule has 18 heavy (non-hydrogen) atoms. The first-order chi connectivity index (χ1) is 8.56. The molecule has 92 valence electrons. The molecule has 1 heterocycles. The predicted octanol–water partition coefficient (Wildman–Crippen LogP) is 1.52. The van der Waals surface area contributed by atoms with E-state index in [4.69, 9.17) is 15.7 Å². The number of nitrogens with zero attached hydrogens (tertiary/aromatic N) is 2. The zero-order chi connectivity index (χ0) is 13.3. The molecule has 0 spiro atoms. The van der Waals surface area contributed by atoms with Gasteiger partial charge in [0.2, 0.25) is 11.9 Å². The molecule has 0 saturated heterocycles. The third kappa shape index (κ3) is 1.76. The van der Waals surface area contributed by atoms with Crippen molar-refractivity contribution in [3.63, 3.8) is 0 Å². The first-order valence-corrected chi connectivity index (χ1v) is 5.36. The molecule has 0 aliphatic carbocycles. The number of nitriles is 1. The van der Waals surface area contributed by atoms with Gasteiger partial charge in [0.1, 0.15) is 17.4 Å². The lowest BCUT2D eigenvalue weighted by Crippen LogP contribution is -2.31. The monoisotopic (exact) mass is 245 g/mol. The Morgan fingerprint density at radius 1 is 1.56 bits per heavy atom. The molecular formula is C12H11N3O3. The van der Waals surface area contributed by atoms with Crippen LogP contribution in [-0.2, 0) is 0 Å². The lowest BCUT2D eigenvalue weighted by Gasteiger charge is -2.26. The maximum Gasteiger partial charge on any atom is 0.222 e. The van der Waals surface area contributed by atoms with Crippen molar-refractivity contribution in [1.29, 1.82) is 5.26 Å².